The number of hydrogen-bond donors (Lipinski definition) is 3. The number of benzene rings is 2. The number of nitrogens with zero attached hydrogens (tertiary/aromatic N) is 2. The van der Waals surface area contributed by atoms with E-state index in [0.717, 1.165) is 9.87 Å². The van der Waals surface area contributed by atoms with E-state index in [0.29, 0.717) is 16.8 Å². The number of aryl methyl sites for hydroxylation is 1. The molecule has 4 rings (SSSR count). The van der Waals surface area contributed by atoms with Gasteiger partial charge in [-0.3, -0.25) is 14.6 Å². The van der Waals surface area contributed by atoms with Crippen molar-refractivity contribution < 1.29 is 27.9 Å². The summed E-state index contributed by atoms with van der Waals surface area (Å²) in [5, 5.41) is 15.2. The number of thioether (sulfide) groups is 1. The van der Waals surface area contributed by atoms with Crippen molar-refractivity contribution in [2.75, 3.05) is 11.2 Å². The minimum absolute atomic E-state index is 0.0370. The standard InChI is InChI=1S/C28H30N4O6S2/c1-18-4-10-22(11-5-18)40(37,38)32-17-39-28(2,3)24(32)26(34)31-23(27(35)36)16-19-6-8-21(9-7-19)30-25(33)20-12-14-29-15-13-20/h4-15,23-24H,16-17H2,1-3H3,(H,30,33)(H,31,34)(H,35,36)/t23-,24+/m0/s1. The Bertz CT molecular complexity index is 1490. The van der Waals surface area contributed by atoms with Crippen LogP contribution in [0.2, 0.25) is 0 Å². The maximum absolute atomic E-state index is 13.5. The van der Waals surface area contributed by atoms with Crippen molar-refractivity contribution in [3.63, 3.8) is 0 Å². The van der Waals surface area contributed by atoms with Crippen LogP contribution in [-0.2, 0) is 26.0 Å². The summed E-state index contributed by atoms with van der Waals surface area (Å²) in [7, 11) is -4.00. The highest BCUT2D eigenvalue weighted by Gasteiger charge is 2.51. The number of aromatic nitrogens is 1. The molecule has 0 unspecified atom stereocenters. The average Bonchev–Trinajstić information content (AvgIpc) is 3.25. The Morgan fingerprint density at radius 2 is 1.68 bits per heavy atom. The van der Waals surface area contributed by atoms with Crippen LogP contribution in [0.1, 0.15) is 35.3 Å². The van der Waals surface area contributed by atoms with E-state index < -0.39 is 38.7 Å². The van der Waals surface area contributed by atoms with Gasteiger partial charge in [0.1, 0.15) is 12.1 Å². The van der Waals surface area contributed by atoms with E-state index in [-0.39, 0.29) is 23.1 Å². The third-order valence-corrected chi connectivity index (χ3v) is 9.96. The summed E-state index contributed by atoms with van der Waals surface area (Å²) in [4.78, 5) is 41.9. The number of anilines is 1. The smallest absolute Gasteiger partial charge is 0.326 e. The molecular weight excluding hydrogens is 552 g/mol. The van der Waals surface area contributed by atoms with Crippen molar-refractivity contribution in [3.8, 4) is 0 Å². The molecule has 3 aromatic rings. The molecule has 2 aromatic carbocycles. The zero-order chi connectivity index (χ0) is 29.1. The molecule has 1 aliphatic rings. The summed E-state index contributed by atoms with van der Waals surface area (Å²) in [5.74, 6) is -2.18. The van der Waals surface area contributed by atoms with Gasteiger partial charge in [-0.05, 0) is 62.7 Å². The molecule has 0 radical (unpaired) electrons. The van der Waals surface area contributed by atoms with Gasteiger partial charge >= 0.3 is 5.97 Å². The zero-order valence-corrected chi connectivity index (χ0v) is 23.8. The molecule has 0 saturated carbocycles. The largest absolute Gasteiger partial charge is 0.480 e. The Morgan fingerprint density at radius 1 is 1.05 bits per heavy atom. The topological polar surface area (TPSA) is 146 Å². The van der Waals surface area contributed by atoms with Crippen molar-refractivity contribution in [3.05, 3.63) is 89.7 Å². The van der Waals surface area contributed by atoms with Gasteiger partial charge in [-0.25, -0.2) is 13.2 Å². The SMILES string of the molecule is Cc1ccc(S(=O)(=O)N2CSC(C)(C)[C@H]2C(=O)N[C@@H](Cc2ccc(NC(=O)c3ccncc3)cc2)C(=O)O)cc1. The number of sulfonamides is 1. The van der Waals surface area contributed by atoms with Crippen LogP contribution in [0.4, 0.5) is 5.69 Å². The Morgan fingerprint density at radius 3 is 2.27 bits per heavy atom. The van der Waals surface area contributed by atoms with Crippen molar-refractivity contribution in [2.45, 2.75) is 48.9 Å². The summed E-state index contributed by atoms with van der Waals surface area (Å²) in [5.41, 5.74) is 2.47. The summed E-state index contributed by atoms with van der Waals surface area (Å²) in [6.07, 6.45) is 2.99. The minimum Gasteiger partial charge on any atom is -0.480 e. The summed E-state index contributed by atoms with van der Waals surface area (Å²) < 4.78 is 27.2. The maximum Gasteiger partial charge on any atom is 0.326 e. The number of carboxylic acids is 1. The summed E-state index contributed by atoms with van der Waals surface area (Å²) >= 11 is 1.31. The van der Waals surface area contributed by atoms with Crippen molar-refractivity contribution >= 4 is 45.3 Å². The molecule has 1 fully saturated rings. The van der Waals surface area contributed by atoms with Crippen molar-refractivity contribution in [1.29, 1.82) is 0 Å². The number of amides is 2. The first kappa shape index (κ1) is 29.2. The number of pyridine rings is 1. The Kier molecular flexibility index (Phi) is 8.62. The molecule has 2 heterocycles. The summed E-state index contributed by atoms with van der Waals surface area (Å²) in [6, 6.07) is 13.7. The van der Waals surface area contributed by atoms with Crippen LogP contribution in [0, 0.1) is 6.92 Å². The Balaban J connectivity index is 1.47. The number of carboxylic acid groups (broad SMARTS) is 1. The first-order valence-electron chi connectivity index (χ1n) is 12.4. The third kappa shape index (κ3) is 6.52. The number of hydrogen-bond acceptors (Lipinski definition) is 7. The number of carbonyl (C=O) groups is 3. The normalized spacial score (nSPS) is 17.6. The highest BCUT2D eigenvalue weighted by molar-refractivity contribution is 8.02. The van der Waals surface area contributed by atoms with Crippen LogP contribution >= 0.6 is 11.8 Å². The Labute approximate surface area is 237 Å². The fourth-order valence-electron chi connectivity index (χ4n) is 4.35. The zero-order valence-electron chi connectivity index (χ0n) is 22.2. The first-order chi connectivity index (χ1) is 18.9. The van der Waals surface area contributed by atoms with Gasteiger partial charge in [0.05, 0.1) is 10.8 Å². The van der Waals surface area contributed by atoms with Gasteiger partial charge in [0, 0.05) is 34.8 Å². The summed E-state index contributed by atoms with van der Waals surface area (Å²) in [6.45, 7) is 5.38. The highest BCUT2D eigenvalue weighted by atomic mass is 32.2. The van der Waals surface area contributed by atoms with Crippen molar-refractivity contribution in [2.24, 2.45) is 0 Å². The predicted octanol–water partition coefficient (Wildman–Crippen LogP) is 3.30. The van der Waals surface area contributed by atoms with Gasteiger partial charge in [0.2, 0.25) is 15.9 Å². The second-order valence-electron chi connectivity index (χ2n) is 9.98. The van der Waals surface area contributed by atoms with E-state index in [4.69, 9.17) is 0 Å². The minimum atomic E-state index is -4.00. The van der Waals surface area contributed by atoms with Crippen LogP contribution in [0.5, 0.6) is 0 Å². The van der Waals surface area contributed by atoms with E-state index in [2.05, 4.69) is 15.6 Å². The quantitative estimate of drug-likeness (QED) is 0.348. The lowest BCUT2D eigenvalue weighted by Crippen LogP contribution is -2.56. The van der Waals surface area contributed by atoms with Crippen LogP contribution in [0.3, 0.4) is 0 Å². The maximum atomic E-state index is 13.5. The molecule has 12 heteroatoms. The fraction of sp³-hybridized carbons (Fsp3) is 0.286. The van der Waals surface area contributed by atoms with Crippen LogP contribution < -0.4 is 10.6 Å². The molecule has 10 nitrogen and oxygen atoms in total. The van der Waals surface area contributed by atoms with E-state index in [1.807, 2.05) is 6.92 Å². The molecule has 210 valence electrons. The molecule has 3 N–H and O–H groups in total. The van der Waals surface area contributed by atoms with Crippen LogP contribution in [0.25, 0.3) is 0 Å². The lowest BCUT2D eigenvalue weighted by molar-refractivity contribution is -0.142. The average molecular weight is 583 g/mol. The van der Waals surface area contributed by atoms with Gasteiger partial charge in [-0.15, -0.1) is 11.8 Å². The van der Waals surface area contributed by atoms with Gasteiger partial charge in [-0.2, -0.15) is 4.31 Å². The molecular formula is C28H30N4O6S2. The van der Waals surface area contributed by atoms with E-state index >= 15 is 0 Å². The van der Waals surface area contributed by atoms with Crippen molar-refractivity contribution in [1.82, 2.24) is 14.6 Å². The molecule has 1 aromatic heterocycles. The van der Waals surface area contributed by atoms with Gasteiger partial charge in [0.25, 0.3) is 5.91 Å². The third-order valence-electron chi connectivity index (χ3n) is 6.59. The van der Waals surface area contributed by atoms with Gasteiger partial charge in [0.15, 0.2) is 0 Å². The number of carbonyl (C=O) groups excluding carboxylic acids is 2. The lowest BCUT2D eigenvalue weighted by Gasteiger charge is -2.31. The highest BCUT2D eigenvalue weighted by Crippen LogP contribution is 2.42. The molecule has 0 bridgehead atoms. The molecule has 1 aliphatic heterocycles. The number of nitrogens with one attached hydrogen (secondary N) is 2. The molecule has 0 spiro atoms. The second kappa shape index (κ2) is 11.8. The molecule has 2 atom stereocenters. The van der Waals surface area contributed by atoms with Gasteiger partial charge in [-0.1, -0.05) is 29.8 Å². The molecule has 1 saturated heterocycles. The fourth-order valence-corrected chi connectivity index (χ4v) is 7.52. The predicted molar refractivity (Wildman–Crippen MR) is 152 cm³/mol. The number of rotatable bonds is 9. The Hall–Kier alpha value is -3.74. The van der Waals surface area contributed by atoms with E-state index in [9.17, 15) is 27.9 Å². The lowest BCUT2D eigenvalue weighted by atomic mass is 10.0. The first-order valence-corrected chi connectivity index (χ1v) is 14.9. The van der Waals surface area contributed by atoms with Crippen LogP contribution in [0.15, 0.2) is 78.0 Å². The molecule has 40 heavy (non-hydrogen) atoms. The van der Waals surface area contributed by atoms with E-state index in [1.54, 1.807) is 62.4 Å². The van der Waals surface area contributed by atoms with Gasteiger partial charge < -0.3 is 15.7 Å². The van der Waals surface area contributed by atoms with E-state index in [1.165, 1.54) is 36.3 Å². The molecule has 0 aliphatic carbocycles. The number of aliphatic carboxylic acids is 1. The monoisotopic (exact) mass is 582 g/mol. The second-order valence-corrected chi connectivity index (χ2v) is 13.5. The van der Waals surface area contributed by atoms with Crippen LogP contribution in [-0.4, -0.2) is 63.3 Å². The molecule has 2 amide bonds.